The van der Waals surface area contributed by atoms with E-state index in [9.17, 15) is 9.59 Å². The Balaban J connectivity index is 2.30. The molecule has 0 spiro atoms. The van der Waals surface area contributed by atoms with Gasteiger partial charge in [-0.3, -0.25) is 9.59 Å². The largest absolute Gasteiger partial charge is 0.469 e. The number of fused-ring (bicyclic) bond motifs is 1. The summed E-state index contributed by atoms with van der Waals surface area (Å²) in [6, 6.07) is 1.68. The summed E-state index contributed by atoms with van der Waals surface area (Å²) < 4.78 is 5.24. The molecule has 0 saturated heterocycles. The van der Waals surface area contributed by atoms with Crippen LogP contribution >= 0.6 is 22.9 Å². The van der Waals surface area contributed by atoms with Gasteiger partial charge in [0.25, 0.3) is 0 Å². The fraction of sp³-hybridized carbons (Fsp3) is 0.400. The minimum Gasteiger partial charge on any atom is -0.469 e. The summed E-state index contributed by atoms with van der Waals surface area (Å²) in [5.41, 5.74) is 0.671. The maximum atomic E-state index is 11.7. The number of hydrogen-bond acceptors (Lipinski definition) is 4. The third kappa shape index (κ3) is 1.92. The first kappa shape index (κ1) is 10.6. The van der Waals surface area contributed by atoms with E-state index in [-0.39, 0.29) is 24.1 Å². The van der Waals surface area contributed by atoms with Crippen molar-refractivity contribution in [3.8, 4) is 0 Å². The normalized spacial score (nSPS) is 19.9. The molecule has 0 fully saturated rings. The van der Waals surface area contributed by atoms with Gasteiger partial charge in [-0.2, -0.15) is 0 Å². The lowest BCUT2D eigenvalue weighted by atomic mass is 9.88. The Labute approximate surface area is 96.0 Å². The van der Waals surface area contributed by atoms with E-state index in [0.29, 0.717) is 16.3 Å². The molecule has 0 saturated carbocycles. The smallest absolute Gasteiger partial charge is 0.309 e. The summed E-state index contributed by atoms with van der Waals surface area (Å²) in [6.45, 7) is 0. The minimum atomic E-state index is -0.343. The summed E-state index contributed by atoms with van der Waals surface area (Å²) in [5.74, 6) is -0.682. The predicted octanol–water partition coefficient (Wildman–Crippen LogP) is 2.32. The number of carbonyl (C=O) groups is 2. The molecule has 0 aromatic carbocycles. The monoisotopic (exact) mass is 244 g/mol. The van der Waals surface area contributed by atoms with Crippen LogP contribution in [0.3, 0.4) is 0 Å². The highest BCUT2D eigenvalue weighted by molar-refractivity contribution is 7.16. The van der Waals surface area contributed by atoms with Crippen molar-refractivity contribution in [2.45, 2.75) is 12.8 Å². The van der Waals surface area contributed by atoms with Crippen molar-refractivity contribution in [1.29, 1.82) is 0 Å². The zero-order valence-corrected chi connectivity index (χ0v) is 9.65. The minimum absolute atomic E-state index is 0.0187. The van der Waals surface area contributed by atoms with E-state index in [1.807, 2.05) is 0 Å². The van der Waals surface area contributed by atoms with E-state index < -0.39 is 0 Å². The predicted molar refractivity (Wildman–Crippen MR) is 57.5 cm³/mol. The maximum absolute atomic E-state index is 11.7. The second-order valence-electron chi connectivity index (χ2n) is 3.44. The molecule has 5 heteroatoms. The van der Waals surface area contributed by atoms with Crippen molar-refractivity contribution in [1.82, 2.24) is 0 Å². The van der Waals surface area contributed by atoms with Crippen LogP contribution in [0.15, 0.2) is 6.07 Å². The summed E-state index contributed by atoms with van der Waals surface area (Å²) in [4.78, 5) is 23.9. The molecular formula is C10H9ClO3S. The first-order valence-corrected chi connectivity index (χ1v) is 5.70. The van der Waals surface area contributed by atoms with Crippen molar-refractivity contribution in [2.75, 3.05) is 7.11 Å². The van der Waals surface area contributed by atoms with Crippen molar-refractivity contribution < 1.29 is 14.3 Å². The van der Waals surface area contributed by atoms with Crippen LogP contribution in [0.2, 0.25) is 4.34 Å². The SMILES string of the molecule is COC(=O)C1CC(=O)c2cc(Cl)sc2C1. The van der Waals surface area contributed by atoms with Crippen molar-refractivity contribution >= 4 is 34.7 Å². The molecule has 1 atom stereocenters. The molecule has 1 aliphatic rings. The first-order chi connectivity index (χ1) is 7.11. The Morgan fingerprint density at radius 1 is 1.60 bits per heavy atom. The highest BCUT2D eigenvalue weighted by Crippen LogP contribution is 2.34. The molecule has 1 aromatic heterocycles. The van der Waals surface area contributed by atoms with Gasteiger partial charge in [0, 0.05) is 16.9 Å². The van der Waals surface area contributed by atoms with Crippen LogP contribution in [0.4, 0.5) is 0 Å². The van der Waals surface area contributed by atoms with Gasteiger partial charge in [0.1, 0.15) is 0 Å². The maximum Gasteiger partial charge on any atom is 0.309 e. The van der Waals surface area contributed by atoms with Gasteiger partial charge in [-0.15, -0.1) is 11.3 Å². The van der Waals surface area contributed by atoms with E-state index in [0.717, 1.165) is 4.88 Å². The standard InChI is InChI=1S/C10H9ClO3S/c1-14-10(13)5-2-7(12)6-4-9(11)15-8(6)3-5/h4-5H,2-3H2,1H3. The third-order valence-corrected chi connectivity index (χ3v) is 3.76. The van der Waals surface area contributed by atoms with Crippen LogP contribution in [-0.2, 0) is 16.0 Å². The molecule has 15 heavy (non-hydrogen) atoms. The summed E-state index contributed by atoms with van der Waals surface area (Å²) in [5, 5.41) is 0. The topological polar surface area (TPSA) is 43.4 Å². The number of thiophene rings is 1. The molecule has 80 valence electrons. The van der Waals surface area contributed by atoms with Gasteiger partial charge >= 0.3 is 5.97 Å². The lowest BCUT2D eigenvalue weighted by molar-refractivity contribution is -0.145. The Morgan fingerprint density at radius 2 is 2.33 bits per heavy atom. The van der Waals surface area contributed by atoms with Crippen molar-refractivity contribution in [3.05, 3.63) is 20.8 Å². The Kier molecular flexibility index (Phi) is 2.80. The molecule has 0 bridgehead atoms. The van der Waals surface area contributed by atoms with Crippen LogP contribution in [0.1, 0.15) is 21.7 Å². The Bertz CT molecular complexity index is 424. The van der Waals surface area contributed by atoms with Gasteiger partial charge < -0.3 is 4.74 Å². The Hall–Kier alpha value is -0.870. The quantitative estimate of drug-likeness (QED) is 0.712. The molecule has 0 amide bonds. The summed E-state index contributed by atoms with van der Waals surface area (Å²) in [6.07, 6.45) is 0.790. The fourth-order valence-electron chi connectivity index (χ4n) is 1.75. The van der Waals surface area contributed by atoms with E-state index >= 15 is 0 Å². The molecule has 1 aliphatic carbocycles. The van der Waals surface area contributed by atoms with Crippen molar-refractivity contribution in [3.63, 3.8) is 0 Å². The lowest BCUT2D eigenvalue weighted by Gasteiger charge is -2.18. The van der Waals surface area contributed by atoms with Crippen LogP contribution < -0.4 is 0 Å². The van der Waals surface area contributed by atoms with Crippen LogP contribution in [0, 0.1) is 5.92 Å². The van der Waals surface area contributed by atoms with Crippen molar-refractivity contribution in [2.24, 2.45) is 5.92 Å². The van der Waals surface area contributed by atoms with Gasteiger partial charge in [0.05, 0.1) is 17.4 Å². The number of hydrogen-bond donors (Lipinski definition) is 0. The molecule has 0 radical (unpaired) electrons. The average Bonchev–Trinajstić information content (AvgIpc) is 2.58. The number of ether oxygens (including phenoxy) is 1. The molecule has 1 aromatic rings. The van der Waals surface area contributed by atoms with Gasteiger partial charge in [-0.05, 0) is 12.5 Å². The van der Waals surface area contributed by atoms with Gasteiger partial charge in [-0.25, -0.2) is 0 Å². The number of esters is 1. The van der Waals surface area contributed by atoms with E-state index in [1.54, 1.807) is 6.07 Å². The van der Waals surface area contributed by atoms with E-state index in [1.165, 1.54) is 18.4 Å². The van der Waals surface area contributed by atoms with Gasteiger partial charge in [0.15, 0.2) is 5.78 Å². The Morgan fingerprint density at radius 3 is 3.00 bits per heavy atom. The average molecular weight is 245 g/mol. The highest BCUT2D eigenvalue weighted by atomic mass is 35.5. The zero-order valence-electron chi connectivity index (χ0n) is 8.08. The zero-order chi connectivity index (χ0) is 11.0. The molecule has 0 aliphatic heterocycles. The van der Waals surface area contributed by atoms with E-state index in [2.05, 4.69) is 4.74 Å². The molecule has 0 N–H and O–H groups in total. The van der Waals surface area contributed by atoms with E-state index in [4.69, 9.17) is 11.6 Å². The first-order valence-electron chi connectivity index (χ1n) is 4.51. The summed E-state index contributed by atoms with van der Waals surface area (Å²) >= 11 is 7.19. The number of ketones is 1. The lowest BCUT2D eigenvalue weighted by Crippen LogP contribution is -2.26. The molecule has 3 nitrogen and oxygen atoms in total. The molecule has 1 heterocycles. The molecular weight excluding hydrogens is 236 g/mol. The van der Waals surface area contributed by atoms with Crippen LogP contribution in [0.5, 0.6) is 0 Å². The second kappa shape index (κ2) is 3.94. The number of methoxy groups -OCH3 is 1. The fourth-order valence-corrected chi connectivity index (χ4v) is 3.11. The number of rotatable bonds is 1. The summed E-state index contributed by atoms with van der Waals surface area (Å²) in [7, 11) is 1.34. The molecule has 2 rings (SSSR count). The number of Topliss-reactive ketones (excluding diaryl/α,β-unsaturated/α-hetero) is 1. The second-order valence-corrected chi connectivity index (χ2v) is 5.21. The number of halogens is 1. The third-order valence-electron chi connectivity index (χ3n) is 2.48. The van der Waals surface area contributed by atoms with Gasteiger partial charge in [0.2, 0.25) is 0 Å². The van der Waals surface area contributed by atoms with Crippen LogP contribution in [-0.4, -0.2) is 18.9 Å². The van der Waals surface area contributed by atoms with Crippen LogP contribution in [0.25, 0.3) is 0 Å². The highest BCUT2D eigenvalue weighted by Gasteiger charge is 2.32. The number of carbonyl (C=O) groups excluding carboxylic acids is 2. The van der Waals surface area contributed by atoms with Gasteiger partial charge in [-0.1, -0.05) is 11.6 Å². The molecule has 1 unspecified atom stereocenters.